The fourth-order valence-corrected chi connectivity index (χ4v) is 2.29. The third-order valence-corrected chi connectivity index (χ3v) is 4.01. The molecule has 88 valence electrons. The van der Waals surface area contributed by atoms with Gasteiger partial charge in [0, 0.05) is 22.9 Å². The van der Waals surface area contributed by atoms with Crippen molar-refractivity contribution in [2.75, 3.05) is 5.32 Å². The summed E-state index contributed by atoms with van der Waals surface area (Å²) in [5, 5.41) is 3.44. The van der Waals surface area contributed by atoms with Crippen molar-refractivity contribution in [3.8, 4) is 5.69 Å². The maximum absolute atomic E-state index is 4.37. The summed E-state index contributed by atoms with van der Waals surface area (Å²) in [6.45, 7) is 2.10. The van der Waals surface area contributed by atoms with E-state index in [9.17, 15) is 0 Å². The van der Waals surface area contributed by atoms with Crippen LogP contribution >= 0.6 is 15.9 Å². The highest BCUT2D eigenvalue weighted by Gasteiger charge is 2.23. The first kappa shape index (κ1) is 10.8. The number of anilines is 1. The third kappa shape index (κ3) is 2.09. The zero-order valence-corrected chi connectivity index (χ0v) is 11.2. The summed E-state index contributed by atoms with van der Waals surface area (Å²) in [4.78, 5) is 4.37. The molecule has 0 spiro atoms. The second-order valence-electron chi connectivity index (χ2n) is 4.45. The zero-order valence-electron chi connectivity index (χ0n) is 9.65. The molecule has 1 fully saturated rings. The SMILES string of the molecule is Cc1cccc(-n2ccnc2NC2CC2)c1Br. The Hall–Kier alpha value is -1.29. The van der Waals surface area contributed by atoms with E-state index in [1.165, 1.54) is 18.4 Å². The molecule has 1 aliphatic rings. The second-order valence-corrected chi connectivity index (χ2v) is 5.24. The molecule has 1 aromatic heterocycles. The van der Waals surface area contributed by atoms with Crippen LogP contribution in [0.1, 0.15) is 18.4 Å². The molecule has 0 radical (unpaired) electrons. The lowest BCUT2D eigenvalue weighted by atomic mass is 10.2. The summed E-state index contributed by atoms with van der Waals surface area (Å²) in [6, 6.07) is 6.87. The Morgan fingerprint density at radius 3 is 3.00 bits per heavy atom. The Labute approximate surface area is 109 Å². The van der Waals surface area contributed by atoms with Gasteiger partial charge in [-0.3, -0.25) is 4.57 Å². The minimum Gasteiger partial charge on any atom is -0.353 e. The van der Waals surface area contributed by atoms with Gasteiger partial charge in [-0.05, 0) is 47.3 Å². The van der Waals surface area contributed by atoms with Gasteiger partial charge in [0.2, 0.25) is 5.95 Å². The van der Waals surface area contributed by atoms with Gasteiger partial charge in [-0.25, -0.2) is 4.98 Å². The minimum absolute atomic E-state index is 0.611. The van der Waals surface area contributed by atoms with E-state index in [0.29, 0.717) is 6.04 Å². The van der Waals surface area contributed by atoms with Gasteiger partial charge < -0.3 is 5.32 Å². The van der Waals surface area contributed by atoms with Crippen molar-refractivity contribution in [2.45, 2.75) is 25.8 Å². The van der Waals surface area contributed by atoms with Crippen LogP contribution < -0.4 is 5.32 Å². The van der Waals surface area contributed by atoms with Crippen molar-refractivity contribution >= 4 is 21.9 Å². The average Bonchev–Trinajstić information content (AvgIpc) is 3.01. The van der Waals surface area contributed by atoms with Gasteiger partial charge in [0.15, 0.2) is 0 Å². The number of imidazole rings is 1. The van der Waals surface area contributed by atoms with E-state index in [2.05, 4.69) is 55.9 Å². The lowest BCUT2D eigenvalue weighted by Gasteiger charge is -2.12. The predicted molar refractivity (Wildman–Crippen MR) is 72.6 cm³/mol. The molecule has 1 aliphatic carbocycles. The van der Waals surface area contributed by atoms with E-state index < -0.39 is 0 Å². The normalized spacial score (nSPS) is 14.9. The van der Waals surface area contributed by atoms with Gasteiger partial charge in [0.1, 0.15) is 0 Å². The van der Waals surface area contributed by atoms with E-state index in [-0.39, 0.29) is 0 Å². The standard InChI is InChI=1S/C13H14BrN3/c1-9-3-2-4-11(12(9)14)17-8-7-15-13(17)16-10-5-6-10/h2-4,7-8,10H,5-6H2,1H3,(H,15,16). The predicted octanol–water partition coefficient (Wildman–Crippen LogP) is 3.52. The highest BCUT2D eigenvalue weighted by Crippen LogP contribution is 2.29. The van der Waals surface area contributed by atoms with Crippen molar-refractivity contribution in [1.82, 2.24) is 9.55 Å². The van der Waals surface area contributed by atoms with Crippen LogP contribution in [0.2, 0.25) is 0 Å². The lowest BCUT2D eigenvalue weighted by Crippen LogP contribution is -2.08. The Kier molecular flexibility index (Phi) is 2.67. The van der Waals surface area contributed by atoms with E-state index >= 15 is 0 Å². The summed E-state index contributed by atoms with van der Waals surface area (Å²) in [6.07, 6.45) is 6.33. The van der Waals surface area contributed by atoms with Crippen molar-refractivity contribution in [1.29, 1.82) is 0 Å². The van der Waals surface area contributed by atoms with Gasteiger partial charge in [0.05, 0.1) is 5.69 Å². The number of hydrogen-bond acceptors (Lipinski definition) is 2. The molecule has 1 N–H and O–H groups in total. The van der Waals surface area contributed by atoms with Crippen LogP contribution in [-0.4, -0.2) is 15.6 Å². The second kappa shape index (κ2) is 4.18. The van der Waals surface area contributed by atoms with Gasteiger partial charge in [0.25, 0.3) is 0 Å². The molecule has 0 aliphatic heterocycles. The van der Waals surface area contributed by atoms with E-state index in [4.69, 9.17) is 0 Å². The minimum atomic E-state index is 0.611. The molecule has 2 aromatic rings. The molecular formula is C13H14BrN3. The van der Waals surface area contributed by atoms with E-state index in [0.717, 1.165) is 16.1 Å². The fraction of sp³-hybridized carbons (Fsp3) is 0.308. The molecule has 0 saturated heterocycles. The van der Waals surface area contributed by atoms with Crippen LogP contribution in [0.25, 0.3) is 5.69 Å². The number of aromatic nitrogens is 2. The quantitative estimate of drug-likeness (QED) is 0.938. The Balaban J connectivity index is 2.02. The number of aryl methyl sites for hydroxylation is 1. The monoisotopic (exact) mass is 291 g/mol. The number of rotatable bonds is 3. The average molecular weight is 292 g/mol. The van der Waals surface area contributed by atoms with E-state index in [1.54, 1.807) is 0 Å². The summed E-state index contributed by atoms with van der Waals surface area (Å²) in [5.41, 5.74) is 2.36. The van der Waals surface area contributed by atoms with Crippen LogP contribution in [0.15, 0.2) is 35.1 Å². The van der Waals surface area contributed by atoms with Crippen molar-refractivity contribution < 1.29 is 0 Å². The highest BCUT2D eigenvalue weighted by molar-refractivity contribution is 9.10. The van der Waals surface area contributed by atoms with Crippen LogP contribution in [0, 0.1) is 6.92 Å². The summed E-state index contributed by atoms with van der Waals surface area (Å²) >= 11 is 3.64. The smallest absolute Gasteiger partial charge is 0.207 e. The maximum Gasteiger partial charge on any atom is 0.207 e. The van der Waals surface area contributed by atoms with Gasteiger partial charge in [-0.15, -0.1) is 0 Å². The third-order valence-electron chi connectivity index (χ3n) is 2.98. The number of benzene rings is 1. The van der Waals surface area contributed by atoms with Crippen LogP contribution in [0.3, 0.4) is 0 Å². The molecule has 0 atom stereocenters. The number of nitrogens with zero attached hydrogens (tertiary/aromatic N) is 2. The molecular weight excluding hydrogens is 278 g/mol. The van der Waals surface area contributed by atoms with Gasteiger partial charge in [-0.1, -0.05) is 12.1 Å². The molecule has 4 heteroatoms. The first-order valence-corrected chi connectivity index (χ1v) is 6.60. The Bertz CT molecular complexity index is 543. The largest absolute Gasteiger partial charge is 0.353 e. The molecule has 0 amide bonds. The fourth-order valence-electron chi connectivity index (χ4n) is 1.83. The number of nitrogens with one attached hydrogen (secondary N) is 1. The summed E-state index contributed by atoms with van der Waals surface area (Å²) in [7, 11) is 0. The van der Waals surface area contributed by atoms with Crippen LogP contribution in [0.5, 0.6) is 0 Å². The molecule has 0 unspecified atom stereocenters. The Morgan fingerprint density at radius 1 is 1.41 bits per heavy atom. The first-order chi connectivity index (χ1) is 8.25. The Morgan fingerprint density at radius 2 is 2.24 bits per heavy atom. The van der Waals surface area contributed by atoms with Gasteiger partial charge in [-0.2, -0.15) is 0 Å². The first-order valence-electron chi connectivity index (χ1n) is 5.81. The molecule has 0 bridgehead atoms. The maximum atomic E-state index is 4.37. The topological polar surface area (TPSA) is 29.9 Å². The molecule has 1 saturated carbocycles. The van der Waals surface area contributed by atoms with Crippen molar-refractivity contribution in [2.24, 2.45) is 0 Å². The summed E-state index contributed by atoms with van der Waals surface area (Å²) < 4.78 is 3.21. The number of halogens is 1. The lowest BCUT2D eigenvalue weighted by molar-refractivity contribution is 0.996. The molecule has 3 nitrogen and oxygen atoms in total. The molecule has 1 heterocycles. The van der Waals surface area contributed by atoms with Crippen molar-refractivity contribution in [3.63, 3.8) is 0 Å². The molecule has 3 rings (SSSR count). The zero-order chi connectivity index (χ0) is 11.8. The summed E-state index contributed by atoms with van der Waals surface area (Å²) in [5.74, 6) is 0.929. The van der Waals surface area contributed by atoms with Crippen LogP contribution in [0.4, 0.5) is 5.95 Å². The van der Waals surface area contributed by atoms with E-state index in [1.807, 2.05) is 12.4 Å². The molecule has 1 aromatic carbocycles. The number of hydrogen-bond donors (Lipinski definition) is 1. The van der Waals surface area contributed by atoms with Crippen LogP contribution in [-0.2, 0) is 0 Å². The van der Waals surface area contributed by atoms with Crippen molar-refractivity contribution in [3.05, 3.63) is 40.6 Å². The molecule has 17 heavy (non-hydrogen) atoms. The highest BCUT2D eigenvalue weighted by atomic mass is 79.9. The van der Waals surface area contributed by atoms with Gasteiger partial charge >= 0.3 is 0 Å².